The van der Waals surface area contributed by atoms with Crippen molar-refractivity contribution >= 4 is 45.5 Å². The topological polar surface area (TPSA) is 146 Å². The van der Waals surface area contributed by atoms with Crippen LogP contribution in [-0.2, 0) is 0 Å². The summed E-state index contributed by atoms with van der Waals surface area (Å²) >= 11 is 0. The van der Waals surface area contributed by atoms with Crippen molar-refractivity contribution in [2.45, 2.75) is 0 Å². The number of hydrogen-bond acceptors (Lipinski definition) is 9. The molecule has 0 unspecified atom stereocenters. The predicted octanol–water partition coefficient (Wildman–Crippen LogP) is 6.12. The number of anilines is 6. The minimum Gasteiger partial charge on any atom is -0.356 e. The van der Waals surface area contributed by atoms with Crippen LogP contribution in [0.2, 0.25) is 0 Å². The molecule has 0 heterocycles. The Morgan fingerprint density at radius 2 is 0.800 bits per heavy atom. The second kappa shape index (κ2) is 10.5. The minimum atomic E-state index is -0.445. The normalized spacial score (nSPS) is 10.2. The molecule has 11 heteroatoms. The van der Waals surface area contributed by atoms with Gasteiger partial charge in [0.15, 0.2) is 0 Å². The van der Waals surface area contributed by atoms with Gasteiger partial charge >= 0.3 is 0 Å². The van der Waals surface area contributed by atoms with Crippen LogP contribution in [0.15, 0.2) is 97.1 Å². The molecule has 176 valence electrons. The fraction of sp³-hybridized carbons (Fsp3) is 0. The van der Waals surface area contributed by atoms with Gasteiger partial charge in [0.25, 0.3) is 11.4 Å². The van der Waals surface area contributed by atoms with Crippen molar-refractivity contribution in [3.8, 4) is 0 Å². The first kappa shape index (κ1) is 22.9. The fourth-order valence-electron chi connectivity index (χ4n) is 3.20. The number of hydrogen-bond donors (Lipinski definition) is 5. The molecule has 4 aromatic carbocycles. The Labute approximate surface area is 200 Å². The number of nitrogens with zero attached hydrogens (tertiary/aromatic N) is 2. The molecule has 4 rings (SSSR count). The van der Waals surface area contributed by atoms with E-state index in [9.17, 15) is 20.2 Å². The van der Waals surface area contributed by atoms with Gasteiger partial charge in [-0.15, -0.1) is 0 Å². The SMILES string of the molecule is O=[N+]([O-])c1ccccc1NNc1ccc(Nc2ccc(NNc3ccccc3[N+](=O)[O-])cc2)cc1. The van der Waals surface area contributed by atoms with E-state index in [0.29, 0.717) is 11.4 Å². The molecule has 35 heavy (non-hydrogen) atoms. The van der Waals surface area contributed by atoms with Gasteiger partial charge in [-0.2, -0.15) is 0 Å². The molecule has 0 radical (unpaired) electrons. The van der Waals surface area contributed by atoms with Crippen LogP contribution < -0.4 is 27.0 Å². The van der Waals surface area contributed by atoms with Crippen LogP contribution in [0.4, 0.5) is 45.5 Å². The number of nitrogens with one attached hydrogen (secondary N) is 5. The first-order chi connectivity index (χ1) is 17.0. The Kier molecular flexibility index (Phi) is 6.88. The lowest BCUT2D eigenvalue weighted by molar-refractivity contribution is -0.384. The van der Waals surface area contributed by atoms with E-state index in [1.807, 2.05) is 48.5 Å². The highest BCUT2D eigenvalue weighted by atomic mass is 16.6. The summed E-state index contributed by atoms with van der Waals surface area (Å²) in [7, 11) is 0. The smallest absolute Gasteiger partial charge is 0.294 e. The molecule has 0 fully saturated rings. The third-order valence-electron chi connectivity index (χ3n) is 4.94. The molecule has 0 spiro atoms. The van der Waals surface area contributed by atoms with Crippen molar-refractivity contribution < 1.29 is 9.85 Å². The van der Waals surface area contributed by atoms with Gasteiger partial charge in [-0.05, 0) is 60.7 Å². The highest BCUT2D eigenvalue weighted by molar-refractivity contribution is 5.68. The van der Waals surface area contributed by atoms with Crippen molar-refractivity contribution in [2.75, 3.05) is 27.0 Å². The first-order valence-corrected chi connectivity index (χ1v) is 10.5. The van der Waals surface area contributed by atoms with Gasteiger partial charge in [-0.25, -0.2) is 0 Å². The fourth-order valence-corrected chi connectivity index (χ4v) is 3.20. The van der Waals surface area contributed by atoms with Gasteiger partial charge in [-0.3, -0.25) is 31.1 Å². The predicted molar refractivity (Wildman–Crippen MR) is 137 cm³/mol. The van der Waals surface area contributed by atoms with Gasteiger partial charge in [0.1, 0.15) is 11.4 Å². The van der Waals surface area contributed by atoms with Crippen LogP contribution in [0.3, 0.4) is 0 Å². The van der Waals surface area contributed by atoms with Crippen molar-refractivity contribution in [1.82, 2.24) is 0 Å². The maximum atomic E-state index is 11.1. The molecule has 0 atom stereocenters. The highest BCUT2D eigenvalue weighted by Crippen LogP contribution is 2.26. The monoisotopic (exact) mass is 471 g/mol. The molecule has 0 aromatic heterocycles. The molecular weight excluding hydrogens is 450 g/mol. The molecule has 0 aliphatic carbocycles. The summed E-state index contributed by atoms with van der Waals surface area (Å²) in [6, 6.07) is 27.5. The minimum absolute atomic E-state index is 0.0200. The van der Waals surface area contributed by atoms with E-state index in [2.05, 4.69) is 27.0 Å². The standard InChI is InChI=1S/C24H21N7O4/c32-30(33)23-7-3-1-5-21(23)28-26-19-13-9-17(10-14-19)25-18-11-15-20(16-12-18)27-29-22-6-2-4-8-24(22)31(34)35/h1-16,25-29H. The second-order valence-electron chi connectivity index (χ2n) is 7.33. The molecule has 0 bridgehead atoms. The third-order valence-corrected chi connectivity index (χ3v) is 4.94. The van der Waals surface area contributed by atoms with Gasteiger partial charge < -0.3 is 16.2 Å². The molecule has 0 aliphatic rings. The van der Waals surface area contributed by atoms with E-state index >= 15 is 0 Å². The Balaban J connectivity index is 1.31. The summed E-state index contributed by atoms with van der Waals surface area (Å²) in [5.74, 6) is 0. The Morgan fingerprint density at radius 1 is 0.457 bits per heavy atom. The molecule has 0 saturated carbocycles. The molecular formula is C24H21N7O4. The summed E-state index contributed by atoms with van der Waals surface area (Å²) in [5.41, 5.74) is 15.5. The number of nitro groups is 2. The molecule has 0 aliphatic heterocycles. The number of para-hydroxylation sites is 4. The van der Waals surface area contributed by atoms with Crippen molar-refractivity contribution in [2.24, 2.45) is 0 Å². The van der Waals surface area contributed by atoms with Gasteiger partial charge in [-0.1, -0.05) is 24.3 Å². The molecule has 0 saturated heterocycles. The van der Waals surface area contributed by atoms with Crippen molar-refractivity contribution in [1.29, 1.82) is 0 Å². The van der Waals surface area contributed by atoms with E-state index in [0.717, 1.165) is 22.7 Å². The van der Waals surface area contributed by atoms with Crippen LogP contribution in [0.5, 0.6) is 0 Å². The van der Waals surface area contributed by atoms with E-state index < -0.39 is 9.85 Å². The van der Waals surface area contributed by atoms with E-state index in [4.69, 9.17) is 0 Å². The second-order valence-corrected chi connectivity index (χ2v) is 7.33. The van der Waals surface area contributed by atoms with E-state index in [1.165, 1.54) is 12.1 Å². The zero-order valence-electron chi connectivity index (χ0n) is 18.3. The van der Waals surface area contributed by atoms with Gasteiger partial charge in [0.05, 0.1) is 21.2 Å². The molecule has 11 nitrogen and oxygen atoms in total. The number of rotatable bonds is 10. The summed E-state index contributed by atoms with van der Waals surface area (Å²) in [4.78, 5) is 21.3. The Hall–Kier alpha value is -5.32. The van der Waals surface area contributed by atoms with E-state index in [1.54, 1.807) is 36.4 Å². The Morgan fingerprint density at radius 3 is 1.17 bits per heavy atom. The first-order valence-electron chi connectivity index (χ1n) is 10.5. The van der Waals surface area contributed by atoms with Gasteiger partial charge in [0.2, 0.25) is 0 Å². The number of hydrazine groups is 2. The van der Waals surface area contributed by atoms with Gasteiger partial charge in [0, 0.05) is 23.5 Å². The highest BCUT2D eigenvalue weighted by Gasteiger charge is 2.12. The maximum Gasteiger partial charge on any atom is 0.294 e. The van der Waals surface area contributed by atoms with Crippen LogP contribution in [0, 0.1) is 20.2 Å². The van der Waals surface area contributed by atoms with Crippen LogP contribution >= 0.6 is 0 Å². The lowest BCUT2D eigenvalue weighted by atomic mass is 10.2. The lowest BCUT2D eigenvalue weighted by Crippen LogP contribution is -2.10. The summed E-state index contributed by atoms with van der Waals surface area (Å²) in [6.45, 7) is 0. The molecule has 0 amide bonds. The average Bonchev–Trinajstić information content (AvgIpc) is 2.88. The van der Waals surface area contributed by atoms with Crippen LogP contribution in [-0.4, -0.2) is 9.85 Å². The quantitative estimate of drug-likeness (QED) is 0.136. The van der Waals surface area contributed by atoms with Crippen molar-refractivity contribution in [3.05, 3.63) is 117 Å². The number of benzene rings is 4. The summed E-state index contributed by atoms with van der Waals surface area (Å²) < 4.78 is 0. The number of nitro benzene ring substituents is 2. The lowest BCUT2D eigenvalue weighted by Gasteiger charge is -2.12. The van der Waals surface area contributed by atoms with Crippen molar-refractivity contribution in [3.63, 3.8) is 0 Å². The van der Waals surface area contributed by atoms with E-state index in [-0.39, 0.29) is 11.4 Å². The zero-order valence-corrected chi connectivity index (χ0v) is 18.3. The third kappa shape index (κ3) is 5.93. The van der Waals surface area contributed by atoms with Crippen LogP contribution in [0.25, 0.3) is 0 Å². The Bertz CT molecular complexity index is 1230. The molecule has 4 aromatic rings. The molecule has 5 N–H and O–H groups in total. The summed E-state index contributed by atoms with van der Waals surface area (Å²) in [6.07, 6.45) is 0. The summed E-state index contributed by atoms with van der Waals surface area (Å²) in [5, 5.41) is 25.5. The van der Waals surface area contributed by atoms with Crippen LogP contribution in [0.1, 0.15) is 0 Å². The average molecular weight is 471 g/mol. The zero-order chi connectivity index (χ0) is 24.6. The largest absolute Gasteiger partial charge is 0.356 e. The maximum absolute atomic E-state index is 11.1.